The number of rotatable bonds is 4. The van der Waals surface area contributed by atoms with Crippen molar-refractivity contribution in [3.05, 3.63) is 29.3 Å². The van der Waals surface area contributed by atoms with Crippen LogP contribution in [0, 0.1) is 6.92 Å². The van der Waals surface area contributed by atoms with E-state index in [-0.39, 0.29) is 30.1 Å². The topological polar surface area (TPSA) is 61.4 Å². The van der Waals surface area contributed by atoms with E-state index in [9.17, 15) is 9.90 Å². The fourth-order valence-electron chi connectivity index (χ4n) is 1.43. The molecule has 0 bridgehead atoms. The second kappa shape index (κ2) is 7.14. The van der Waals surface area contributed by atoms with Crippen LogP contribution in [0.1, 0.15) is 18.1 Å². The molecule has 0 saturated carbocycles. The number of benzene rings is 1. The molecule has 0 saturated heterocycles. The van der Waals surface area contributed by atoms with Gasteiger partial charge in [-0.05, 0) is 19.9 Å². The fourth-order valence-corrected chi connectivity index (χ4v) is 1.43. The van der Waals surface area contributed by atoms with Crippen LogP contribution >= 0.6 is 12.4 Å². The Morgan fingerprint density at radius 2 is 2.12 bits per heavy atom. The van der Waals surface area contributed by atoms with Crippen molar-refractivity contribution in [1.82, 2.24) is 10.6 Å². The van der Waals surface area contributed by atoms with E-state index in [2.05, 4.69) is 10.6 Å². The van der Waals surface area contributed by atoms with Crippen LogP contribution in [0.4, 0.5) is 0 Å². The smallest absolute Gasteiger partial charge is 0.236 e. The molecule has 1 aromatic rings. The number of phenols is 1. The van der Waals surface area contributed by atoms with Gasteiger partial charge in [0.1, 0.15) is 5.75 Å². The first-order chi connectivity index (χ1) is 7.54. The molecule has 0 aliphatic heterocycles. The minimum absolute atomic E-state index is 0. The zero-order chi connectivity index (χ0) is 12.1. The Kier molecular flexibility index (Phi) is 6.61. The van der Waals surface area contributed by atoms with Crippen molar-refractivity contribution in [3.63, 3.8) is 0 Å². The van der Waals surface area contributed by atoms with Crippen molar-refractivity contribution in [2.75, 3.05) is 7.05 Å². The maximum atomic E-state index is 11.2. The summed E-state index contributed by atoms with van der Waals surface area (Å²) in [6.45, 7) is 4.22. The van der Waals surface area contributed by atoms with Gasteiger partial charge < -0.3 is 15.7 Å². The standard InChI is InChI=1S/C12H18N2O2.ClH/c1-8-4-5-11(15)10(6-8)7-14-9(2)12(16)13-3;/h4-6,9,14-15H,7H2,1-3H3,(H,13,16);1H/t9-;/m1./s1. The SMILES string of the molecule is CNC(=O)[C@@H](C)NCc1cc(C)ccc1O.Cl. The molecule has 0 aromatic heterocycles. The van der Waals surface area contributed by atoms with E-state index in [0.717, 1.165) is 11.1 Å². The predicted octanol–water partition coefficient (Wildman–Crippen LogP) is 1.35. The molecule has 0 aliphatic carbocycles. The highest BCUT2D eigenvalue weighted by molar-refractivity contribution is 5.85. The van der Waals surface area contributed by atoms with Crippen molar-refractivity contribution in [2.45, 2.75) is 26.4 Å². The fraction of sp³-hybridized carbons (Fsp3) is 0.417. The number of carbonyl (C=O) groups excluding carboxylic acids is 1. The monoisotopic (exact) mass is 258 g/mol. The molecule has 1 atom stereocenters. The largest absolute Gasteiger partial charge is 0.508 e. The van der Waals surface area contributed by atoms with Gasteiger partial charge >= 0.3 is 0 Å². The molecule has 0 unspecified atom stereocenters. The lowest BCUT2D eigenvalue weighted by Crippen LogP contribution is -2.40. The molecule has 3 N–H and O–H groups in total. The van der Waals surface area contributed by atoms with Crippen LogP contribution < -0.4 is 10.6 Å². The second-order valence-electron chi connectivity index (χ2n) is 3.85. The lowest BCUT2D eigenvalue weighted by Gasteiger charge is -2.13. The van der Waals surface area contributed by atoms with Crippen LogP contribution in [-0.4, -0.2) is 24.1 Å². The van der Waals surface area contributed by atoms with E-state index in [0.29, 0.717) is 6.54 Å². The number of amides is 1. The molecule has 5 heteroatoms. The number of nitrogens with one attached hydrogen (secondary N) is 2. The van der Waals surface area contributed by atoms with Gasteiger partial charge in [-0.15, -0.1) is 12.4 Å². The quantitative estimate of drug-likeness (QED) is 0.764. The summed E-state index contributed by atoms with van der Waals surface area (Å²) in [5.74, 6) is 0.189. The summed E-state index contributed by atoms with van der Waals surface area (Å²) >= 11 is 0. The van der Waals surface area contributed by atoms with Crippen LogP contribution in [-0.2, 0) is 11.3 Å². The highest BCUT2D eigenvalue weighted by atomic mass is 35.5. The first-order valence-corrected chi connectivity index (χ1v) is 5.28. The van der Waals surface area contributed by atoms with Gasteiger partial charge in [0, 0.05) is 19.2 Å². The molecule has 0 fully saturated rings. The molecule has 1 rings (SSSR count). The number of hydrogen-bond acceptors (Lipinski definition) is 3. The molecular formula is C12H19ClN2O2. The normalized spacial score (nSPS) is 11.5. The number of halogens is 1. The summed E-state index contributed by atoms with van der Waals surface area (Å²) in [6.07, 6.45) is 0. The number of carbonyl (C=O) groups is 1. The van der Waals surface area contributed by atoms with Gasteiger partial charge in [-0.2, -0.15) is 0 Å². The molecule has 0 spiro atoms. The second-order valence-corrected chi connectivity index (χ2v) is 3.85. The average molecular weight is 259 g/mol. The van der Waals surface area contributed by atoms with E-state index in [4.69, 9.17) is 0 Å². The van der Waals surface area contributed by atoms with Crippen molar-refractivity contribution in [1.29, 1.82) is 0 Å². The third-order valence-corrected chi connectivity index (χ3v) is 2.47. The molecule has 0 heterocycles. The van der Waals surface area contributed by atoms with Gasteiger partial charge in [0.15, 0.2) is 0 Å². The van der Waals surface area contributed by atoms with E-state index in [1.54, 1.807) is 20.0 Å². The Morgan fingerprint density at radius 3 is 2.71 bits per heavy atom. The van der Waals surface area contributed by atoms with Crippen LogP contribution in [0.3, 0.4) is 0 Å². The lowest BCUT2D eigenvalue weighted by atomic mass is 10.1. The van der Waals surface area contributed by atoms with Crippen LogP contribution in [0.15, 0.2) is 18.2 Å². The Hall–Kier alpha value is -1.26. The van der Waals surface area contributed by atoms with E-state index >= 15 is 0 Å². The summed E-state index contributed by atoms with van der Waals surface area (Å²) in [4.78, 5) is 11.2. The van der Waals surface area contributed by atoms with Crippen LogP contribution in [0.25, 0.3) is 0 Å². The maximum Gasteiger partial charge on any atom is 0.236 e. The van der Waals surface area contributed by atoms with Crippen LogP contribution in [0.5, 0.6) is 5.75 Å². The zero-order valence-electron chi connectivity index (χ0n) is 10.3. The summed E-state index contributed by atoms with van der Waals surface area (Å²) in [5.41, 5.74) is 1.89. The number of likely N-dealkylation sites (N-methyl/N-ethyl adjacent to an activating group) is 1. The van der Waals surface area contributed by atoms with Crippen molar-refractivity contribution in [2.24, 2.45) is 0 Å². The van der Waals surface area contributed by atoms with Crippen molar-refractivity contribution >= 4 is 18.3 Å². The number of hydrogen-bond donors (Lipinski definition) is 3. The number of aromatic hydroxyl groups is 1. The number of aryl methyl sites for hydroxylation is 1. The Bertz CT molecular complexity index is 383. The van der Waals surface area contributed by atoms with Crippen molar-refractivity contribution in [3.8, 4) is 5.75 Å². The lowest BCUT2D eigenvalue weighted by molar-refractivity contribution is -0.122. The summed E-state index contributed by atoms with van der Waals surface area (Å²) < 4.78 is 0. The molecular weight excluding hydrogens is 240 g/mol. The Morgan fingerprint density at radius 1 is 1.47 bits per heavy atom. The summed E-state index contributed by atoms with van der Waals surface area (Å²) in [6, 6.07) is 5.14. The number of phenolic OH excluding ortho intramolecular Hbond substituents is 1. The van der Waals surface area contributed by atoms with Gasteiger partial charge in [0.05, 0.1) is 6.04 Å². The Balaban J connectivity index is 0.00000256. The summed E-state index contributed by atoms with van der Waals surface area (Å²) in [7, 11) is 1.60. The van der Waals surface area contributed by atoms with Gasteiger partial charge in [-0.1, -0.05) is 17.7 Å². The van der Waals surface area contributed by atoms with Gasteiger partial charge in [-0.25, -0.2) is 0 Å². The zero-order valence-corrected chi connectivity index (χ0v) is 11.1. The minimum atomic E-state index is -0.273. The molecule has 1 amide bonds. The molecule has 1 aromatic carbocycles. The molecule has 17 heavy (non-hydrogen) atoms. The third kappa shape index (κ3) is 4.63. The van der Waals surface area contributed by atoms with Gasteiger partial charge in [-0.3, -0.25) is 4.79 Å². The molecule has 96 valence electrons. The summed E-state index contributed by atoms with van der Waals surface area (Å²) in [5, 5.41) is 15.2. The first-order valence-electron chi connectivity index (χ1n) is 5.28. The minimum Gasteiger partial charge on any atom is -0.508 e. The highest BCUT2D eigenvalue weighted by Gasteiger charge is 2.10. The van der Waals surface area contributed by atoms with Crippen molar-refractivity contribution < 1.29 is 9.90 Å². The maximum absolute atomic E-state index is 11.2. The van der Waals surface area contributed by atoms with Crippen LogP contribution in [0.2, 0.25) is 0 Å². The van der Waals surface area contributed by atoms with E-state index in [1.807, 2.05) is 19.1 Å². The highest BCUT2D eigenvalue weighted by Crippen LogP contribution is 2.17. The molecule has 0 radical (unpaired) electrons. The first kappa shape index (κ1) is 15.7. The predicted molar refractivity (Wildman–Crippen MR) is 70.5 cm³/mol. The molecule has 4 nitrogen and oxygen atoms in total. The molecule has 0 aliphatic rings. The van der Waals surface area contributed by atoms with Gasteiger partial charge in [0.25, 0.3) is 0 Å². The third-order valence-electron chi connectivity index (χ3n) is 2.47. The van der Waals surface area contributed by atoms with Gasteiger partial charge in [0.2, 0.25) is 5.91 Å². The average Bonchev–Trinajstić information content (AvgIpc) is 2.28. The Labute approximate surface area is 108 Å². The van der Waals surface area contributed by atoms with E-state index in [1.165, 1.54) is 0 Å². The van der Waals surface area contributed by atoms with E-state index < -0.39 is 0 Å².